The molecule has 7 nitrogen and oxygen atoms in total. The SMILES string of the molecule is O=C(COC(=O)CNS(=O)(=O)c1cccc(F)c1)N[C@@H]1CCCc2ccccc21. The normalized spacial score (nSPS) is 16.0. The van der Waals surface area contributed by atoms with Crippen molar-refractivity contribution in [1.29, 1.82) is 0 Å². The second kappa shape index (κ2) is 9.15. The van der Waals surface area contributed by atoms with Gasteiger partial charge < -0.3 is 10.1 Å². The number of nitrogens with one attached hydrogen (secondary N) is 2. The highest BCUT2D eigenvalue weighted by molar-refractivity contribution is 7.89. The van der Waals surface area contributed by atoms with Gasteiger partial charge in [-0.3, -0.25) is 9.59 Å². The highest BCUT2D eigenvalue weighted by Crippen LogP contribution is 2.29. The molecule has 154 valence electrons. The fourth-order valence-electron chi connectivity index (χ4n) is 3.21. The van der Waals surface area contributed by atoms with Gasteiger partial charge >= 0.3 is 5.97 Å². The van der Waals surface area contributed by atoms with Crippen LogP contribution in [-0.2, 0) is 30.8 Å². The zero-order valence-electron chi connectivity index (χ0n) is 15.6. The summed E-state index contributed by atoms with van der Waals surface area (Å²) in [6, 6.07) is 12.1. The first kappa shape index (κ1) is 20.9. The molecule has 0 heterocycles. The van der Waals surface area contributed by atoms with Gasteiger partial charge in [0.05, 0.1) is 10.9 Å². The van der Waals surface area contributed by atoms with Crippen LogP contribution in [0.4, 0.5) is 4.39 Å². The molecule has 0 radical (unpaired) electrons. The van der Waals surface area contributed by atoms with Crippen molar-refractivity contribution in [3.63, 3.8) is 0 Å². The molecule has 1 amide bonds. The lowest BCUT2D eigenvalue weighted by Gasteiger charge is -2.26. The highest BCUT2D eigenvalue weighted by Gasteiger charge is 2.22. The summed E-state index contributed by atoms with van der Waals surface area (Å²) in [5.74, 6) is -2.09. The third-order valence-corrected chi connectivity index (χ3v) is 5.98. The number of hydrogen-bond donors (Lipinski definition) is 2. The van der Waals surface area contributed by atoms with Gasteiger partial charge in [0.1, 0.15) is 12.4 Å². The standard InChI is InChI=1S/C20H21FN2O5S/c21-15-7-4-8-16(11-15)29(26,27)22-12-20(25)28-13-19(24)23-18-10-3-6-14-5-1-2-9-17(14)18/h1-2,4-5,7-9,11,18,22H,3,6,10,12-13H2,(H,23,24)/t18-/m1/s1. The lowest BCUT2D eigenvalue weighted by Crippen LogP contribution is -2.36. The van der Waals surface area contributed by atoms with Crippen LogP contribution in [0.5, 0.6) is 0 Å². The molecule has 1 atom stereocenters. The number of esters is 1. The third kappa shape index (κ3) is 5.61. The Morgan fingerprint density at radius 1 is 1.14 bits per heavy atom. The molecule has 2 N–H and O–H groups in total. The molecular formula is C20H21FN2O5S. The largest absolute Gasteiger partial charge is 0.455 e. The van der Waals surface area contributed by atoms with Gasteiger partial charge in [-0.15, -0.1) is 0 Å². The van der Waals surface area contributed by atoms with E-state index in [1.165, 1.54) is 17.7 Å². The van der Waals surface area contributed by atoms with Crippen LogP contribution >= 0.6 is 0 Å². The second-order valence-corrected chi connectivity index (χ2v) is 8.42. The minimum atomic E-state index is -4.06. The minimum absolute atomic E-state index is 0.141. The zero-order chi connectivity index (χ0) is 20.9. The molecule has 0 bridgehead atoms. The summed E-state index contributed by atoms with van der Waals surface area (Å²) in [6.07, 6.45) is 2.71. The Labute approximate surface area is 168 Å². The van der Waals surface area contributed by atoms with Crippen LogP contribution in [0.25, 0.3) is 0 Å². The number of fused-ring (bicyclic) bond motifs is 1. The lowest BCUT2D eigenvalue weighted by atomic mass is 9.88. The van der Waals surface area contributed by atoms with Crippen molar-refractivity contribution in [1.82, 2.24) is 10.0 Å². The summed E-state index contributed by atoms with van der Waals surface area (Å²) in [5.41, 5.74) is 2.24. The zero-order valence-corrected chi connectivity index (χ0v) is 16.4. The van der Waals surface area contributed by atoms with Crippen LogP contribution in [0.3, 0.4) is 0 Å². The van der Waals surface area contributed by atoms with Crippen molar-refractivity contribution in [3.8, 4) is 0 Å². The van der Waals surface area contributed by atoms with Gasteiger partial charge in [-0.1, -0.05) is 30.3 Å². The molecular weight excluding hydrogens is 399 g/mol. The number of aryl methyl sites for hydroxylation is 1. The van der Waals surface area contributed by atoms with Crippen LogP contribution in [0.2, 0.25) is 0 Å². The maximum absolute atomic E-state index is 13.2. The van der Waals surface area contributed by atoms with Crippen LogP contribution in [0.15, 0.2) is 53.4 Å². The molecule has 0 saturated carbocycles. The average molecular weight is 420 g/mol. The predicted molar refractivity (Wildman–Crippen MR) is 103 cm³/mol. The number of carbonyl (C=O) groups excluding carboxylic acids is 2. The van der Waals surface area contributed by atoms with Crippen molar-refractivity contribution in [2.45, 2.75) is 30.2 Å². The monoisotopic (exact) mass is 420 g/mol. The summed E-state index contributed by atoms with van der Waals surface area (Å²) in [6.45, 7) is -1.18. The summed E-state index contributed by atoms with van der Waals surface area (Å²) in [4.78, 5) is 23.6. The third-order valence-electron chi connectivity index (χ3n) is 4.58. The molecule has 0 aromatic heterocycles. The molecule has 29 heavy (non-hydrogen) atoms. The Balaban J connectivity index is 1.47. The van der Waals surface area contributed by atoms with Crippen molar-refractivity contribution in [2.75, 3.05) is 13.2 Å². The first-order chi connectivity index (χ1) is 13.8. The predicted octanol–water partition coefficient (Wildman–Crippen LogP) is 1.84. The van der Waals surface area contributed by atoms with E-state index in [1.807, 2.05) is 29.0 Å². The lowest BCUT2D eigenvalue weighted by molar-refractivity contribution is -0.147. The summed E-state index contributed by atoms with van der Waals surface area (Å²) < 4.78 is 44.1. The molecule has 1 aliphatic carbocycles. The van der Waals surface area contributed by atoms with Crippen LogP contribution in [0.1, 0.15) is 30.0 Å². The topological polar surface area (TPSA) is 102 Å². The van der Waals surface area contributed by atoms with Gasteiger partial charge in [-0.05, 0) is 48.6 Å². The molecule has 0 fully saturated rings. The number of rotatable bonds is 7. The molecule has 1 aliphatic rings. The molecule has 2 aromatic carbocycles. The molecule has 3 rings (SSSR count). The van der Waals surface area contributed by atoms with Gasteiger partial charge in [0, 0.05) is 0 Å². The first-order valence-corrected chi connectivity index (χ1v) is 10.6. The van der Waals surface area contributed by atoms with Crippen molar-refractivity contribution < 1.29 is 27.1 Å². The minimum Gasteiger partial charge on any atom is -0.455 e. The van der Waals surface area contributed by atoms with E-state index in [1.54, 1.807) is 0 Å². The van der Waals surface area contributed by atoms with E-state index in [9.17, 15) is 22.4 Å². The van der Waals surface area contributed by atoms with Gasteiger partial charge in [0.2, 0.25) is 10.0 Å². The first-order valence-electron chi connectivity index (χ1n) is 9.13. The van der Waals surface area contributed by atoms with E-state index in [4.69, 9.17) is 4.74 Å². The smallest absolute Gasteiger partial charge is 0.321 e. The Morgan fingerprint density at radius 2 is 1.93 bits per heavy atom. The molecule has 0 spiro atoms. The summed E-state index contributed by atoms with van der Waals surface area (Å²) >= 11 is 0. The Morgan fingerprint density at radius 3 is 2.72 bits per heavy atom. The molecule has 0 saturated heterocycles. The van der Waals surface area contributed by atoms with Crippen molar-refractivity contribution in [2.24, 2.45) is 0 Å². The number of sulfonamides is 1. The van der Waals surface area contributed by atoms with Crippen molar-refractivity contribution >= 4 is 21.9 Å². The number of benzene rings is 2. The maximum atomic E-state index is 13.2. The number of carbonyl (C=O) groups is 2. The van der Waals surface area contributed by atoms with E-state index in [0.717, 1.165) is 37.0 Å². The number of ether oxygens (including phenoxy) is 1. The van der Waals surface area contributed by atoms with Crippen molar-refractivity contribution in [3.05, 3.63) is 65.5 Å². The Kier molecular flexibility index (Phi) is 6.60. The molecule has 9 heteroatoms. The van der Waals surface area contributed by atoms with Gasteiger partial charge in [-0.25, -0.2) is 12.8 Å². The fraction of sp³-hybridized carbons (Fsp3) is 0.300. The van der Waals surface area contributed by atoms with Crippen LogP contribution in [0, 0.1) is 5.82 Å². The van der Waals surface area contributed by atoms with Crippen LogP contribution < -0.4 is 10.0 Å². The number of halogens is 1. The second-order valence-electron chi connectivity index (χ2n) is 6.65. The average Bonchev–Trinajstić information content (AvgIpc) is 2.71. The Bertz CT molecular complexity index is 1010. The number of hydrogen-bond acceptors (Lipinski definition) is 5. The van der Waals surface area contributed by atoms with Crippen LogP contribution in [-0.4, -0.2) is 33.4 Å². The highest BCUT2D eigenvalue weighted by atomic mass is 32.2. The van der Waals surface area contributed by atoms with Gasteiger partial charge in [0.15, 0.2) is 6.61 Å². The van der Waals surface area contributed by atoms with Gasteiger partial charge in [-0.2, -0.15) is 4.72 Å². The molecule has 0 unspecified atom stereocenters. The summed E-state index contributed by atoms with van der Waals surface area (Å²) in [7, 11) is -4.06. The van der Waals surface area contributed by atoms with E-state index in [2.05, 4.69) is 5.32 Å². The van der Waals surface area contributed by atoms with E-state index in [-0.39, 0.29) is 10.9 Å². The summed E-state index contributed by atoms with van der Waals surface area (Å²) in [5, 5.41) is 2.84. The van der Waals surface area contributed by atoms with E-state index in [0.29, 0.717) is 0 Å². The number of amides is 1. The quantitative estimate of drug-likeness (QED) is 0.666. The molecule has 2 aromatic rings. The van der Waals surface area contributed by atoms with E-state index < -0.39 is 40.9 Å². The fourth-order valence-corrected chi connectivity index (χ4v) is 4.21. The van der Waals surface area contributed by atoms with E-state index >= 15 is 0 Å². The molecule has 0 aliphatic heterocycles. The Hall–Kier alpha value is -2.78. The van der Waals surface area contributed by atoms with Gasteiger partial charge in [0.25, 0.3) is 5.91 Å². The maximum Gasteiger partial charge on any atom is 0.321 e.